The Balaban J connectivity index is 2.32. The molecule has 1 aromatic carbocycles. The van der Waals surface area contributed by atoms with Gasteiger partial charge in [-0.1, -0.05) is 84.1 Å². The van der Waals surface area contributed by atoms with Crippen molar-refractivity contribution in [2.45, 2.75) is 90.9 Å². The molecule has 0 saturated heterocycles. The Morgan fingerprint density at radius 3 is 1.54 bits per heavy atom. The first-order valence-electron chi connectivity index (χ1n) is 10.7. The van der Waals surface area contributed by atoms with E-state index < -0.39 is 0 Å². The molecule has 1 aromatic rings. The summed E-state index contributed by atoms with van der Waals surface area (Å²) in [4.78, 5) is 11.5. The van der Waals surface area contributed by atoms with Gasteiger partial charge >= 0.3 is 0 Å². The molecule has 0 radical (unpaired) electrons. The molecule has 0 aliphatic rings. The average Bonchev–Trinajstić information content (AvgIpc) is 2.66. The fraction of sp³-hybridized carbons (Fsp3) is 0.696. The number of carbonyl (C=O) groups is 1. The summed E-state index contributed by atoms with van der Waals surface area (Å²) in [6, 6.07) is 5.62. The lowest BCUT2D eigenvalue weighted by Gasteiger charge is -2.13. The lowest BCUT2D eigenvalue weighted by atomic mass is 10.1. The van der Waals surface area contributed by atoms with E-state index >= 15 is 0 Å². The third-order valence-electron chi connectivity index (χ3n) is 4.65. The molecule has 26 heavy (non-hydrogen) atoms. The molecule has 0 amide bonds. The van der Waals surface area contributed by atoms with Crippen molar-refractivity contribution in [2.24, 2.45) is 0 Å². The normalized spacial score (nSPS) is 10.7. The molecule has 0 unspecified atom stereocenters. The Hall–Kier alpha value is -1.51. The van der Waals surface area contributed by atoms with E-state index in [0.29, 0.717) is 30.3 Å². The quantitative estimate of drug-likeness (QED) is 0.221. The van der Waals surface area contributed by atoms with Gasteiger partial charge in [-0.25, -0.2) is 0 Å². The molecular formula is C23H38O3. The van der Waals surface area contributed by atoms with Crippen LogP contribution in [0.5, 0.6) is 11.5 Å². The molecule has 3 heteroatoms. The molecule has 0 saturated carbocycles. The van der Waals surface area contributed by atoms with E-state index in [-0.39, 0.29) is 0 Å². The first kappa shape index (κ1) is 22.5. The van der Waals surface area contributed by atoms with Crippen molar-refractivity contribution in [3.8, 4) is 11.5 Å². The molecule has 0 aliphatic carbocycles. The van der Waals surface area contributed by atoms with Crippen molar-refractivity contribution in [3.05, 3.63) is 23.8 Å². The highest BCUT2D eigenvalue weighted by Crippen LogP contribution is 2.27. The van der Waals surface area contributed by atoms with Gasteiger partial charge in [-0.2, -0.15) is 0 Å². The first-order chi connectivity index (χ1) is 12.8. The highest BCUT2D eigenvalue weighted by molar-refractivity contribution is 5.83. The number of hydrogen-bond acceptors (Lipinski definition) is 3. The van der Waals surface area contributed by atoms with E-state index in [1.807, 2.05) is 18.2 Å². The molecule has 0 atom stereocenters. The predicted molar refractivity (Wildman–Crippen MR) is 110 cm³/mol. The van der Waals surface area contributed by atoms with Gasteiger partial charge in [0.05, 0.1) is 18.8 Å². The smallest absolute Gasteiger partial charge is 0.157 e. The SMILES string of the molecule is CCCCCCCCOc1cccc(OCCCCCCCC)c1C=O. The van der Waals surface area contributed by atoms with Gasteiger partial charge in [0.1, 0.15) is 11.5 Å². The number of aldehydes is 1. The standard InChI is InChI=1S/C23H38O3/c1-3-5-7-9-11-13-18-25-22-16-15-17-23(21(22)20-24)26-19-14-12-10-8-6-4-2/h15-17,20H,3-14,18-19H2,1-2H3. The van der Waals surface area contributed by atoms with Crippen LogP contribution in [0.3, 0.4) is 0 Å². The zero-order valence-corrected chi connectivity index (χ0v) is 16.9. The Kier molecular flexibility index (Phi) is 13.6. The van der Waals surface area contributed by atoms with Crippen LogP contribution < -0.4 is 9.47 Å². The summed E-state index contributed by atoms with van der Waals surface area (Å²) in [5.41, 5.74) is 0.546. The molecule has 0 fully saturated rings. The fourth-order valence-electron chi connectivity index (χ4n) is 3.02. The van der Waals surface area contributed by atoms with Crippen molar-refractivity contribution >= 4 is 6.29 Å². The lowest BCUT2D eigenvalue weighted by molar-refractivity contribution is 0.111. The van der Waals surface area contributed by atoms with Crippen LogP contribution in [0.2, 0.25) is 0 Å². The van der Waals surface area contributed by atoms with E-state index in [1.165, 1.54) is 64.2 Å². The molecule has 3 nitrogen and oxygen atoms in total. The first-order valence-corrected chi connectivity index (χ1v) is 10.7. The number of carbonyl (C=O) groups excluding carboxylic acids is 1. The van der Waals surface area contributed by atoms with Crippen LogP contribution in [0.15, 0.2) is 18.2 Å². The summed E-state index contributed by atoms with van der Waals surface area (Å²) >= 11 is 0. The molecule has 0 bridgehead atoms. The second-order valence-electron chi connectivity index (χ2n) is 7.02. The molecule has 1 rings (SSSR count). The molecule has 0 N–H and O–H groups in total. The summed E-state index contributed by atoms with van der Waals surface area (Å²) in [5, 5.41) is 0. The molecular weight excluding hydrogens is 324 g/mol. The minimum absolute atomic E-state index is 0.546. The van der Waals surface area contributed by atoms with Crippen molar-refractivity contribution in [3.63, 3.8) is 0 Å². The van der Waals surface area contributed by atoms with Gasteiger partial charge in [0.25, 0.3) is 0 Å². The number of ether oxygens (including phenoxy) is 2. The summed E-state index contributed by atoms with van der Waals surface area (Å²) in [7, 11) is 0. The zero-order chi connectivity index (χ0) is 18.9. The van der Waals surface area contributed by atoms with E-state index in [0.717, 1.165) is 19.1 Å². The van der Waals surface area contributed by atoms with Crippen molar-refractivity contribution < 1.29 is 14.3 Å². The Morgan fingerprint density at radius 1 is 0.692 bits per heavy atom. The average molecular weight is 363 g/mol. The highest BCUT2D eigenvalue weighted by Gasteiger charge is 2.10. The molecule has 0 spiro atoms. The maximum Gasteiger partial charge on any atom is 0.157 e. The van der Waals surface area contributed by atoms with Gasteiger partial charge in [-0.15, -0.1) is 0 Å². The van der Waals surface area contributed by atoms with Crippen molar-refractivity contribution in [2.75, 3.05) is 13.2 Å². The third kappa shape index (κ3) is 9.84. The minimum Gasteiger partial charge on any atom is -0.493 e. The van der Waals surface area contributed by atoms with Crippen LogP contribution in [0.1, 0.15) is 101 Å². The van der Waals surface area contributed by atoms with E-state index in [1.54, 1.807) is 0 Å². The fourth-order valence-corrected chi connectivity index (χ4v) is 3.02. The van der Waals surface area contributed by atoms with Crippen LogP contribution in [0.25, 0.3) is 0 Å². The van der Waals surface area contributed by atoms with Gasteiger partial charge in [0.15, 0.2) is 6.29 Å². The molecule has 0 aromatic heterocycles. The van der Waals surface area contributed by atoms with E-state index in [4.69, 9.17) is 9.47 Å². The Morgan fingerprint density at radius 2 is 1.12 bits per heavy atom. The lowest BCUT2D eigenvalue weighted by Crippen LogP contribution is -2.04. The third-order valence-corrected chi connectivity index (χ3v) is 4.65. The number of rotatable bonds is 17. The largest absolute Gasteiger partial charge is 0.493 e. The van der Waals surface area contributed by atoms with E-state index in [2.05, 4.69) is 13.8 Å². The summed E-state index contributed by atoms with van der Waals surface area (Å²) in [6.07, 6.45) is 15.6. The van der Waals surface area contributed by atoms with Gasteiger partial charge in [-0.05, 0) is 25.0 Å². The second kappa shape index (κ2) is 15.7. The van der Waals surface area contributed by atoms with E-state index in [9.17, 15) is 4.79 Å². The van der Waals surface area contributed by atoms with Crippen LogP contribution in [0, 0.1) is 0 Å². The highest BCUT2D eigenvalue weighted by atomic mass is 16.5. The van der Waals surface area contributed by atoms with Crippen LogP contribution in [-0.4, -0.2) is 19.5 Å². The maximum atomic E-state index is 11.5. The molecule has 0 aliphatic heterocycles. The van der Waals surface area contributed by atoms with Gasteiger partial charge in [-0.3, -0.25) is 4.79 Å². The molecule has 148 valence electrons. The maximum absolute atomic E-state index is 11.5. The summed E-state index contributed by atoms with van der Waals surface area (Å²) in [6.45, 7) is 5.78. The summed E-state index contributed by atoms with van der Waals surface area (Å²) in [5.74, 6) is 1.29. The number of hydrogen-bond donors (Lipinski definition) is 0. The van der Waals surface area contributed by atoms with Crippen LogP contribution >= 0.6 is 0 Å². The van der Waals surface area contributed by atoms with Crippen molar-refractivity contribution in [1.82, 2.24) is 0 Å². The monoisotopic (exact) mass is 362 g/mol. The Bertz CT molecular complexity index is 434. The topological polar surface area (TPSA) is 35.5 Å². The number of unbranched alkanes of at least 4 members (excludes halogenated alkanes) is 10. The van der Waals surface area contributed by atoms with Gasteiger partial charge < -0.3 is 9.47 Å². The van der Waals surface area contributed by atoms with Crippen molar-refractivity contribution in [1.29, 1.82) is 0 Å². The van der Waals surface area contributed by atoms with Crippen LogP contribution in [-0.2, 0) is 0 Å². The molecule has 0 heterocycles. The Labute approximate surface area is 160 Å². The minimum atomic E-state index is 0.546. The summed E-state index contributed by atoms with van der Waals surface area (Å²) < 4.78 is 11.7. The zero-order valence-electron chi connectivity index (χ0n) is 16.9. The second-order valence-corrected chi connectivity index (χ2v) is 7.02. The van der Waals surface area contributed by atoms with Crippen LogP contribution in [0.4, 0.5) is 0 Å². The predicted octanol–water partition coefficient (Wildman–Crippen LogP) is 6.98. The van der Waals surface area contributed by atoms with Gasteiger partial charge in [0, 0.05) is 0 Å². The number of benzene rings is 1. The van der Waals surface area contributed by atoms with Gasteiger partial charge in [0.2, 0.25) is 0 Å².